The van der Waals surface area contributed by atoms with Gasteiger partial charge in [0.2, 0.25) is 0 Å². The molecule has 0 amide bonds. The van der Waals surface area contributed by atoms with Crippen LogP contribution < -0.4 is 4.74 Å². The van der Waals surface area contributed by atoms with Crippen LogP contribution >= 0.6 is 0 Å². The molecule has 1 aromatic carbocycles. The van der Waals surface area contributed by atoms with Crippen molar-refractivity contribution in [1.82, 2.24) is 0 Å². The van der Waals surface area contributed by atoms with Crippen molar-refractivity contribution in [2.75, 3.05) is 7.11 Å². The SMILES string of the molecule is COC(=O)C1CCC(N=[N+]=[N-])C(OC(=O)Oc2ccccc2)C1. The molecule has 0 radical (unpaired) electrons. The van der Waals surface area contributed by atoms with E-state index in [4.69, 9.17) is 19.7 Å². The molecule has 0 N–H and O–H groups in total. The molecule has 8 heteroatoms. The highest BCUT2D eigenvalue weighted by Gasteiger charge is 2.36. The third-order valence-corrected chi connectivity index (χ3v) is 3.68. The standard InChI is InChI=1S/C15H17N3O5/c1-21-14(19)10-7-8-12(17-18-16)13(9-10)23-15(20)22-11-5-3-2-4-6-11/h2-6,10,12-13H,7-9H2,1H3. The van der Waals surface area contributed by atoms with Crippen molar-refractivity contribution in [3.63, 3.8) is 0 Å². The second-order valence-corrected chi connectivity index (χ2v) is 5.13. The monoisotopic (exact) mass is 319 g/mol. The Morgan fingerprint density at radius 1 is 1.26 bits per heavy atom. The summed E-state index contributed by atoms with van der Waals surface area (Å²) in [4.78, 5) is 26.3. The van der Waals surface area contributed by atoms with Crippen LogP contribution in [0.5, 0.6) is 5.75 Å². The molecule has 0 saturated heterocycles. The number of esters is 1. The number of nitrogens with zero attached hydrogens (tertiary/aromatic N) is 3. The summed E-state index contributed by atoms with van der Waals surface area (Å²) in [5, 5.41) is 3.64. The Kier molecular flexibility index (Phi) is 5.82. The highest BCUT2D eigenvalue weighted by atomic mass is 16.7. The van der Waals surface area contributed by atoms with Gasteiger partial charge >= 0.3 is 12.1 Å². The number of methoxy groups -OCH3 is 1. The summed E-state index contributed by atoms with van der Waals surface area (Å²) in [5.41, 5.74) is 8.62. The van der Waals surface area contributed by atoms with Crippen molar-refractivity contribution in [3.8, 4) is 5.75 Å². The molecule has 1 fully saturated rings. The fraction of sp³-hybridized carbons (Fsp3) is 0.467. The van der Waals surface area contributed by atoms with Gasteiger partial charge in [0, 0.05) is 4.91 Å². The normalized spacial score (nSPS) is 23.3. The number of para-hydroxylation sites is 1. The molecule has 1 aliphatic carbocycles. The van der Waals surface area contributed by atoms with Crippen LogP contribution in [0.15, 0.2) is 35.4 Å². The number of azide groups is 1. The van der Waals surface area contributed by atoms with E-state index in [2.05, 4.69) is 10.0 Å². The Morgan fingerprint density at radius 2 is 2.00 bits per heavy atom. The predicted octanol–water partition coefficient (Wildman–Crippen LogP) is 3.22. The molecule has 8 nitrogen and oxygen atoms in total. The lowest BCUT2D eigenvalue weighted by Crippen LogP contribution is -2.39. The van der Waals surface area contributed by atoms with Gasteiger partial charge in [0.25, 0.3) is 0 Å². The van der Waals surface area contributed by atoms with E-state index in [0.29, 0.717) is 18.6 Å². The minimum atomic E-state index is -0.898. The van der Waals surface area contributed by atoms with Crippen molar-refractivity contribution < 1.29 is 23.8 Å². The van der Waals surface area contributed by atoms with E-state index in [0.717, 1.165) is 0 Å². The molecule has 1 aliphatic rings. The smallest absolute Gasteiger partial charge is 0.469 e. The number of carbonyl (C=O) groups is 2. The number of ether oxygens (including phenoxy) is 3. The van der Waals surface area contributed by atoms with Gasteiger partial charge < -0.3 is 14.2 Å². The zero-order valence-corrected chi connectivity index (χ0v) is 12.6. The Balaban J connectivity index is 2.01. The third-order valence-electron chi connectivity index (χ3n) is 3.68. The first kappa shape index (κ1) is 16.6. The maximum atomic E-state index is 11.9. The van der Waals surface area contributed by atoms with E-state index in [1.54, 1.807) is 30.3 Å². The fourth-order valence-electron chi connectivity index (χ4n) is 2.55. The molecular weight excluding hydrogens is 302 g/mol. The molecular formula is C15H17N3O5. The van der Waals surface area contributed by atoms with Gasteiger partial charge in [-0.05, 0) is 36.9 Å². The Labute approximate surface area is 133 Å². The summed E-state index contributed by atoms with van der Waals surface area (Å²) < 4.78 is 15.0. The van der Waals surface area contributed by atoms with Crippen LogP contribution in [0.3, 0.4) is 0 Å². The average molecular weight is 319 g/mol. The van der Waals surface area contributed by atoms with E-state index < -0.39 is 18.3 Å². The predicted molar refractivity (Wildman–Crippen MR) is 79.6 cm³/mol. The number of benzene rings is 1. The molecule has 0 aromatic heterocycles. The molecule has 2 rings (SSSR count). The molecule has 23 heavy (non-hydrogen) atoms. The number of hydrogen-bond donors (Lipinski definition) is 0. The average Bonchev–Trinajstić information content (AvgIpc) is 2.56. The first-order chi connectivity index (χ1) is 11.1. The second-order valence-electron chi connectivity index (χ2n) is 5.13. The molecule has 1 saturated carbocycles. The topological polar surface area (TPSA) is 111 Å². The lowest BCUT2D eigenvalue weighted by molar-refractivity contribution is -0.148. The van der Waals surface area contributed by atoms with Crippen LogP contribution in [0.1, 0.15) is 19.3 Å². The van der Waals surface area contributed by atoms with Crippen LogP contribution in [0.2, 0.25) is 0 Å². The summed E-state index contributed by atoms with van der Waals surface area (Å²) in [6.07, 6.45) is -0.429. The molecule has 3 atom stereocenters. The molecule has 1 aromatic rings. The summed E-state index contributed by atoms with van der Waals surface area (Å²) in [7, 11) is 1.31. The zero-order chi connectivity index (χ0) is 16.7. The first-order valence-corrected chi connectivity index (χ1v) is 7.19. The minimum Gasteiger partial charge on any atom is -0.469 e. The quantitative estimate of drug-likeness (QED) is 0.278. The Morgan fingerprint density at radius 3 is 2.65 bits per heavy atom. The maximum Gasteiger partial charge on any atom is 0.514 e. The van der Waals surface area contributed by atoms with E-state index in [1.165, 1.54) is 7.11 Å². The molecule has 0 aliphatic heterocycles. The van der Waals surface area contributed by atoms with Crippen molar-refractivity contribution in [2.45, 2.75) is 31.4 Å². The highest BCUT2D eigenvalue weighted by molar-refractivity contribution is 5.72. The van der Waals surface area contributed by atoms with Gasteiger partial charge in [0.1, 0.15) is 11.9 Å². The molecule has 0 heterocycles. The lowest BCUT2D eigenvalue weighted by atomic mass is 9.84. The number of hydrogen-bond acceptors (Lipinski definition) is 6. The zero-order valence-electron chi connectivity index (χ0n) is 12.6. The third kappa shape index (κ3) is 4.62. The van der Waals surface area contributed by atoms with Gasteiger partial charge in [-0.3, -0.25) is 4.79 Å². The molecule has 0 spiro atoms. The van der Waals surface area contributed by atoms with Gasteiger partial charge in [-0.1, -0.05) is 23.3 Å². The van der Waals surface area contributed by atoms with Crippen LogP contribution in [0.25, 0.3) is 10.4 Å². The van der Waals surface area contributed by atoms with E-state index >= 15 is 0 Å². The number of carbonyl (C=O) groups excluding carboxylic acids is 2. The summed E-state index contributed by atoms with van der Waals surface area (Å²) in [6.45, 7) is 0. The van der Waals surface area contributed by atoms with Gasteiger partial charge in [0.05, 0.1) is 19.1 Å². The molecule has 3 unspecified atom stereocenters. The van der Waals surface area contributed by atoms with Gasteiger partial charge in [0.15, 0.2) is 0 Å². The van der Waals surface area contributed by atoms with E-state index in [1.807, 2.05) is 0 Å². The largest absolute Gasteiger partial charge is 0.514 e. The van der Waals surface area contributed by atoms with Crippen LogP contribution in [-0.2, 0) is 14.3 Å². The van der Waals surface area contributed by atoms with Crippen LogP contribution in [0.4, 0.5) is 4.79 Å². The van der Waals surface area contributed by atoms with Crippen LogP contribution in [0, 0.1) is 5.92 Å². The first-order valence-electron chi connectivity index (χ1n) is 7.19. The van der Waals surface area contributed by atoms with Crippen LogP contribution in [-0.4, -0.2) is 31.4 Å². The highest BCUT2D eigenvalue weighted by Crippen LogP contribution is 2.30. The molecule has 122 valence electrons. The molecule has 0 bridgehead atoms. The lowest BCUT2D eigenvalue weighted by Gasteiger charge is -2.31. The van der Waals surface area contributed by atoms with Crippen molar-refractivity contribution in [3.05, 3.63) is 40.8 Å². The van der Waals surface area contributed by atoms with Gasteiger partial charge in [-0.15, -0.1) is 0 Å². The second kappa shape index (κ2) is 8.05. The van der Waals surface area contributed by atoms with E-state index in [9.17, 15) is 9.59 Å². The minimum absolute atomic E-state index is 0.236. The fourth-order valence-corrected chi connectivity index (χ4v) is 2.55. The maximum absolute atomic E-state index is 11.9. The Hall–Kier alpha value is -2.73. The van der Waals surface area contributed by atoms with Crippen molar-refractivity contribution in [2.24, 2.45) is 11.0 Å². The van der Waals surface area contributed by atoms with Crippen molar-refractivity contribution in [1.29, 1.82) is 0 Å². The number of rotatable bonds is 4. The Bertz CT molecular complexity index is 600. The van der Waals surface area contributed by atoms with E-state index in [-0.39, 0.29) is 18.3 Å². The summed E-state index contributed by atoms with van der Waals surface area (Å²) in [5.74, 6) is -0.410. The summed E-state index contributed by atoms with van der Waals surface area (Å²) >= 11 is 0. The summed E-state index contributed by atoms with van der Waals surface area (Å²) in [6, 6.07) is 7.94. The van der Waals surface area contributed by atoms with Crippen molar-refractivity contribution >= 4 is 12.1 Å². The van der Waals surface area contributed by atoms with Gasteiger partial charge in [-0.25, -0.2) is 4.79 Å². The van der Waals surface area contributed by atoms with Gasteiger partial charge in [-0.2, -0.15) is 0 Å².